The zero-order valence-electron chi connectivity index (χ0n) is 8.34. The predicted octanol–water partition coefficient (Wildman–Crippen LogP) is 1.96. The van der Waals surface area contributed by atoms with Crippen molar-refractivity contribution in [3.05, 3.63) is 35.4 Å². The molecular formula is C11H12F2O2. The number of hydrogen-bond acceptors (Lipinski definition) is 2. The van der Waals surface area contributed by atoms with E-state index in [0.29, 0.717) is 12.8 Å². The van der Waals surface area contributed by atoms with Crippen molar-refractivity contribution >= 4 is 0 Å². The molecule has 0 atom stereocenters. The molecule has 82 valence electrons. The van der Waals surface area contributed by atoms with Gasteiger partial charge in [0.1, 0.15) is 0 Å². The molecule has 1 N–H and O–H groups in total. The van der Waals surface area contributed by atoms with Gasteiger partial charge in [-0.25, -0.2) is 8.78 Å². The third-order valence-electron chi connectivity index (χ3n) is 2.92. The van der Waals surface area contributed by atoms with Crippen LogP contribution in [0.15, 0.2) is 18.2 Å². The Labute approximate surface area is 86.5 Å². The lowest BCUT2D eigenvalue weighted by atomic mass is 9.72. The van der Waals surface area contributed by atoms with Crippen LogP contribution >= 0.6 is 0 Å². The molecule has 1 saturated carbocycles. The average Bonchev–Trinajstić information content (AvgIpc) is 2.17. The van der Waals surface area contributed by atoms with Gasteiger partial charge in [0.05, 0.1) is 11.7 Å². The summed E-state index contributed by atoms with van der Waals surface area (Å²) in [4.78, 5) is 0. The van der Waals surface area contributed by atoms with Crippen LogP contribution < -0.4 is 0 Å². The summed E-state index contributed by atoms with van der Waals surface area (Å²) in [6.07, 6.45) is 0.547. The van der Waals surface area contributed by atoms with E-state index in [9.17, 15) is 13.9 Å². The molecule has 0 heterocycles. The van der Waals surface area contributed by atoms with Gasteiger partial charge in [-0.3, -0.25) is 0 Å². The van der Waals surface area contributed by atoms with E-state index in [1.807, 2.05) is 0 Å². The largest absolute Gasteiger partial charge is 0.385 e. The fourth-order valence-corrected chi connectivity index (χ4v) is 1.94. The van der Waals surface area contributed by atoms with E-state index in [4.69, 9.17) is 4.74 Å². The Bertz CT molecular complexity index is 373. The Hall–Kier alpha value is -1.00. The van der Waals surface area contributed by atoms with Crippen molar-refractivity contribution in [1.82, 2.24) is 0 Å². The minimum Gasteiger partial charge on any atom is -0.385 e. The van der Waals surface area contributed by atoms with Crippen molar-refractivity contribution in [2.75, 3.05) is 7.11 Å². The molecular weight excluding hydrogens is 202 g/mol. The Kier molecular flexibility index (Phi) is 2.48. The number of aliphatic hydroxyl groups is 1. The van der Waals surface area contributed by atoms with Crippen LogP contribution in [0.5, 0.6) is 0 Å². The lowest BCUT2D eigenvalue weighted by molar-refractivity contribution is -0.134. The maximum atomic E-state index is 13.4. The fourth-order valence-electron chi connectivity index (χ4n) is 1.94. The van der Waals surface area contributed by atoms with E-state index >= 15 is 0 Å². The van der Waals surface area contributed by atoms with Crippen LogP contribution in [0.25, 0.3) is 0 Å². The highest BCUT2D eigenvalue weighted by atomic mass is 19.2. The molecule has 1 aromatic carbocycles. The molecule has 0 amide bonds. The summed E-state index contributed by atoms with van der Waals surface area (Å²) in [5, 5.41) is 10.0. The van der Waals surface area contributed by atoms with E-state index in [2.05, 4.69) is 0 Å². The number of ether oxygens (including phenoxy) is 1. The number of hydrogen-bond donors (Lipinski definition) is 1. The number of methoxy groups -OCH3 is 1. The molecule has 1 aliphatic rings. The van der Waals surface area contributed by atoms with E-state index in [1.54, 1.807) is 0 Å². The van der Waals surface area contributed by atoms with Crippen molar-refractivity contribution in [3.63, 3.8) is 0 Å². The van der Waals surface area contributed by atoms with E-state index < -0.39 is 17.2 Å². The fraction of sp³-hybridized carbons (Fsp3) is 0.455. The van der Waals surface area contributed by atoms with E-state index in [0.717, 1.165) is 6.07 Å². The molecule has 4 heteroatoms. The summed E-state index contributed by atoms with van der Waals surface area (Å²) in [6.45, 7) is 0. The second-order valence-corrected chi connectivity index (χ2v) is 3.90. The van der Waals surface area contributed by atoms with Gasteiger partial charge in [-0.1, -0.05) is 12.1 Å². The molecule has 0 bridgehead atoms. The third-order valence-corrected chi connectivity index (χ3v) is 2.92. The summed E-state index contributed by atoms with van der Waals surface area (Å²) in [5.74, 6) is -1.89. The van der Waals surface area contributed by atoms with Crippen molar-refractivity contribution < 1.29 is 18.6 Å². The van der Waals surface area contributed by atoms with Gasteiger partial charge in [-0.15, -0.1) is 0 Å². The van der Waals surface area contributed by atoms with Crippen LogP contribution in [0.4, 0.5) is 8.78 Å². The number of benzene rings is 1. The first-order valence-electron chi connectivity index (χ1n) is 4.76. The molecule has 0 unspecified atom stereocenters. The second kappa shape index (κ2) is 3.54. The summed E-state index contributed by atoms with van der Waals surface area (Å²) in [6, 6.07) is 3.84. The molecule has 2 rings (SSSR count). The molecule has 0 aliphatic heterocycles. The maximum Gasteiger partial charge on any atom is 0.164 e. The van der Waals surface area contributed by atoms with Gasteiger partial charge >= 0.3 is 0 Å². The zero-order valence-corrected chi connectivity index (χ0v) is 8.34. The summed E-state index contributed by atoms with van der Waals surface area (Å²) in [5.41, 5.74) is -1.25. The van der Waals surface area contributed by atoms with Gasteiger partial charge in [0.15, 0.2) is 11.6 Å². The maximum absolute atomic E-state index is 13.4. The predicted molar refractivity (Wildman–Crippen MR) is 50.3 cm³/mol. The molecule has 0 radical (unpaired) electrons. The molecule has 1 aromatic rings. The van der Waals surface area contributed by atoms with Crippen molar-refractivity contribution in [3.8, 4) is 0 Å². The Morgan fingerprint density at radius 2 is 2.07 bits per heavy atom. The second-order valence-electron chi connectivity index (χ2n) is 3.90. The SMILES string of the molecule is COC1CC(O)(c2cccc(F)c2F)C1. The molecule has 1 aliphatic carbocycles. The smallest absolute Gasteiger partial charge is 0.164 e. The Balaban J connectivity index is 2.27. The summed E-state index contributed by atoms with van der Waals surface area (Å²) < 4.78 is 31.3. The third kappa shape index (κ3) is 1.64. The number of rotatable bonds is 2. The first-order chi connectivity index (χ1) is 7.07. The zero-order chi connectivity index (χ0) is 11.1. The lowest BCUT2D eigenvalue weighted by Gasteiger charge is -2.43. The lowest BCUT2D eigenvalue weighted by Crippen LogP contribution is -2.46. The van der Waals surface area contributed by atoms with E-state index in [1.165, 1.54) is 19.2 Å². The Morgan fingerprint density at radius 1 is 1.40 bits per heavy atom. The summed E-state index contributed by atoms with van der Waals surface area (Å²) in [7, 11) is 1.53. The summed E-state index contributed by atoms with van der Waals surface area (Å²) >= 11 is 0. The van der Waals surface area contributed by atoms with Gasteiger partial charge < -0.3 is 9.84 Å². The van der Waals surface area contributed by atoms with Gasteiger partial charge in [-0.2, -0.15) is 0 Å². The topological polar surface area (TPSA) is 29.5 Å². The first-order valence-corrected chi connectivity index (χ1v) is 4.76. The van der Waals surface area contributed by atoms with Crippen molar-refractivity contribution in [2.24, 2.45) is 0 Å². The molecule has 0 saturated heterocycles. The quantitative estimate of drug-likeness (QED) is 0.815. The van der Waals surface area contributed by atoms with Crippen molar-refractivity contribution in [1.29, 1.82) is 0 Å². The van der Waals surface area contributed by atoms with Crippen LogP contribution in [0.2, 0.25) is 0 Å². The average molecular weight is 214 g/mol. The number of halogens is 2. The van der Waals surface area contributed by atoms with Crippen LogP contribution in [0.3, 0.4) is 0 Å². The Morgan fingerprint density at radius 3 is 2.67 bits per heavy atom. The van der Waals surface area contributed by atoms with Gasteiger partial charge in [-0.05, 0) is 6.07 Å². The minimum absolute atomic E-state index is 0.0239. The highest BCUT2D eigenvalue weighted by Gasteiger charge is 2.46. The standard InChI is InChI=1S/C11H12F2O2/c1-15-7-5-11(14,6-7)8-3-2-4-9(12)10(8)13/h2-4,7,14H,5-6H2,1H3. The normalized spacial score (nSPS) is 30.0. The van der Waals surface area contributed by atoms with Gasteiger partial charge in [0.2, 0.25) is 0 Å². The van der Waals surface area contributed by atoms with Gasteiger partial charge in [0.25, 0.3) is 0 Å². The van der Waals surface area contributed by atoms with Crippen LogP contribution in [-0.2, 0) is 10.3 Å². The monoisotopic (exact) mass is 214 g/mol. The van der Waals surface area contributed by atoms with E-state index in [-0.39, 0.29) is 11.7 Å². The molecule has 2 nitrogen and oxygen atoms in total. The van der Waals surface area contributed by atoms with Crippen molar-refractivity contribution in [2.45, 2.75) is 24.5 Å². The molecule has 15 heavy (non-hydrogen) atoms. The molecule has 0 spiro atoms. The van der Waals surface area contributed by atoms with Crippen LogP contribution in [0, 0.1) is 11.6 Å². The van der Waals surface area contributed by atoms with Gasteiger partial charge in [0, 0.05) is 25.5 Å². The highest BCUT2D eigenvalue weighted by molar-refractivity contribution is 5.28. The van der Waals surface area contributed by atoms with Crippen LogP contribution in [-0.4, -0.2) is 18.3 Å². The van der Waals surface area contributed by atoms with Crippen LogP contribution in [0.1, 0.15) is 18.4 Å². The highest BCUT2D eigenvalue weighted by Crippen LogP contribution is 2.43. The minimum atomic E-state index is -1.27. The first kappa shape index (κ1) is 10.5. The molecule has 0 aromatic heterocycles. The molecule has 1 fully saturated rings.